The molecule has 0 bridgehead atoms. The summed E-state index contributed by atoms with van der Waals surface area (Å²) in [4.78, 5) is 14.6. The lowest BCUT2D eigenvalue weighted by molar-refractivity contribution is -0.151. The summed E-state index contributed by atoms with van der Waals surface area (Å²) in [5.74, 6) is -0.413. The van der Waals surface area contributed by atoms with Crippen molar-refractivity contribution in [1.82, 2.24) is 9.21 Å². The third-order valence-corrected chi connectivity index (χ3v) is 6.77. The molecule has 1 aliphatic heterocycles. The molecule has 0 amide bonds. The van der Waals surface area contributed by atoms with Gasteiger partial charge in [0.2, 0.25) is 10.0 Å². The number of sulfonamides is 1. The van der Waals surface area contributed by atoms with Crippen molar-refractivity contribution in [3.63, 3.8) is 0 Å². The van der Waals surface area contributed by atoms with Crippen molar-refractivity contribution in [1.29, 1.82) is 0 Å². The molecule has 1 atom stereocenters. The second-order valence-electron chi connectivity index (χ2n) is 6.54. The minimum absolute atomic E-state index is 0.0422. The zero-order valence-corrected chi connectivity index (χ0v) is 17.2. The van der Waals surface area contributed by atoms with E-state index in [4.69, 9.17) is 16.3 Å². The Morgan fingerprint density at radius 3 is 2.57 bits per heavy atom. The molecule has 1 saturated heterocycles. The summed E-state index contributed by atoms with van der Waals surface area (Å²) in [7, 11) is -3.75. The molecular weight excluding hydrogens is 400 g/mol. The number of nitrogens with zero attached hydrogens (tertiary/aromatic N) is 2. The van der Waals surface area contributed by atoms with E-state index < -0.39 is 22.0 Å². The minimum atomic E-state index is -3.75. The first-order valence-corrected chi connectivity index (χ1v) is 10.9. The standard InChI is InChI=1S/C20H23ClN2O4S/c1-2-27-20(24)19-15-23(28(25,26)18-10-6-9-17(21)13-18)12-11-22(19)14-16-7-4-3-5-8-16/h3-10,13,19H,2,11-12,14-15H2,1H3. The van der Waals surface area contributed by atoms with Gasteiger partial charge in [-0.1, -0.05) is 48.0 Å². The Morgan fingerprint density at radius 2 is 1.89 bits per heavy atom. The van der Waals surface area contributed by atoms with Gasteiger partial charge in [-0.2, -0.15) is 4.31 Å². The third-order valence-electron chi connectivity index (χ3n) is 4.67. The first-order chi connectivity index (χ1) is 13.4. The van der Waals surface area contributed by atoms with Gasteiger partial charge in [0.05, 0.1) is 11.5 Å². The van der Waals surface area contributed by atoms with Crippen LogP contribution >= 0.6 is 11.6 Å². The maximum Gasteiger partial charge on any atom is 0.324 e. The highest BCUT2D eigenvalue weighted by atomic mass is 35.5. The van der Waals surface area contributed by atoms with Crippen LogP contribution in [0.4, 0.5) is 0 Å². The van der Waals surface area contributed by atoms with Gasteiger partial charge in [-0.05, 0) is 30.7 Å². The monoisotopic (exact) mass is 422 g/mol. The maximum atomic E-state index is 13.0. The second-order valence-corrected chi connectivity index (χ2v) is 8.92. The van der Waals surface area contributed by atoms with Crippen molar-refractivity contribution in [2.24, 2.45) is 0 Å². The fourth-order valence-electron chi connectivity index (χ4n) is 3.26. The molecule has 2 aromatic rings. The Hall–Kier alpha value is -1.93. The summed E-state index contributed by atoms with van der Waals surface area (Å²) in [5.41, 5.74) is 1.06. The Balaban J connectivity index is 1.83. The van der Waals surface area contributed by atoms with E-state index in [0.29, 0.717) is 18.1 Å². The van der Waals surface area contributed by atoms with E-state index in [1.165, 1.54) is 16.4 Å². The van der Waals surface area contributed by atoms with Gasteiger partial charge in [0.25, 0.3) is 0 Å². The van der Waals surface area contributed by atoms with Crippen LogP contribution in [0.5, 0.6) is 0 Å². The van der Waals surface area contributed by atoms with Gasteiger partial charge in [0.1, 0.15) is 6.04 Å². The smallest absolute Gasteiger partial charge is 0.324 e. The first-order valence-electron chi connectivity index (χ1n) is 9.12. The highest BCUT2D eigenvalue weighted by molar-refractivity contribution is 7.89. The molecule has 1 fully saturated rings. The number of halogens is 1. The predicted molar refractivity (Wildman–Crippen MR) is 107 cm³/mol. The summed E-state index contributed by atoms with van der Waals surface area (Å²) >= 11 is 5.96. The molecule has 150 valence electrons. The summed E-state index contributed by atoms with van der Waals surface area (Å²) < 4.78 is 32.6. The number of carbonyl (C=O) groups is 1. The van der Waals surface area contributed by atoms with Gasteiger partial charge in [-0.3, -0.25) is 9.69 Å². The van der Waals surface area contributed by atoms with E-state index in [9.17, 15) is 13.2 Å². The normalized spacial score (nSPS) is 18.7. The number of carbonyl (C=O) groups excluding carboxylic acids is 1. The van der Waals surface area contributed by atoms with E-state index in [2.05, 4.69) is 0 Å². The SMILES string of the molecule is CCOC(=O)C1CN(S(=O)(=O)c2cccc(Cl)c2)CCN1Cc1ccccc1. The molecule has 0 saturated carbocycles. The molecule has 1 unspecified atom stereocenters. The zero-order valence-electron chi connectivity index (χ0n) is 15.6. The van der Waals surface area contributed by atoms with Gasteiger partial charge in [-0.15, -0.1) is 0 Å². The van der Waals surface area contributed by atoms with Crippen LogP contribution in [0.3, 0.4) is 0 Å². The molecule has 0 aromatic heterocycles. The van der Waals surface area contributed by atoms with Crippen LogP contribution in [0.2, 0.25) is 5.02 Å². The summed E-state index contributed by atoms with van der Waals surface area (Å²) in [6, 6.07) is 15.3. The topological polar surface area (TPSA) is 66.9 Å². The van der Waals surface area contributed by atoms with Gasteiger partial charge in [0.15, 0.2) is 0 Å². The molecule has 0 radical (unpaired) electrons. The quantitative estimate of drug-likeness (QED) is 0.669. The largest absolute Gasteiger partial charge is 0.465 e. The summed E-state index contributed by atoms with van der Waals surface area (Å²) in [6.07, 6.45) is 0. The van der Waals surface area contributed by atoms with Crippen LogP contribution < -0.4 is 0 Å². The Morgan fingerprint density at radius 1 is 1.14 bits per heavy atom. The van der Waals surface area contributed by atoms with E-state index in [1.807, 2.05) is 35.2 Å². The maximum absolute atomic E-state index is 13.0. The molecule has 0 spiro atoms. The van der Waals surface area contributed by atoms with Gasteiger partial charge in [-0.25, -0.2) is 8.42 Å². The molecule has 0 aliphatic carbocycles. The van der Waals surface area contributed by atoms with Crippen molar-refractivity contribution >= 4 is 27.6 Å². The highest BCUT2D eigenvalue weighted by Gasteiger charge is 2.38. The predicted octanol–water partition coefficient (Wildman–Crippen LogP) is 2.78. The lowest BCUT2D eigenvalue weighted by atomic mass is 10.1. The number of esters is 1. The minimum Gasteiger partial charge on any atom is -0.465 e. The van der Waals surface area contributed by atoms with Crippen molar-refractivity contribution in [3.05, 3.63) is 65.2 Å². The van der Waals surface area contributed by atoms with Gasteiger partial charge >= 0.3 is 5.97 Å². The molecule has 0 N–H and O–H groups in total. The number of rotatable bonds is 6. The van der Waals surface area contributed by atoms with E-state index in [0.717, 1.165) is 5.56 Å². The van der Waals surface area contributed by atoms with Crippen LogP contribution in [0.1, 0.15) is 12.5 Å². The van der Waals surface area contributed by atoms with Crippen molar-refractivity contribution < 1.29 is 17.9 Å². The van der Waals surface area contributed by atoms with Crippen molar-refractivity contribution in [2.75, 3.05) is 26.2 Å². The van der Waals surface area contributed by atoms with Crippen LogP contribution in [0.25, 0.3) is 0 Å². The molecule has 1 aliphatic rings. The number of piperazine rings is 1. The van der Waals surface area contributed by atoms with Gasteiger partial charge < -0.3 is 4.74 Å². The highest BCUT2D eigenvalue weighted by Crippen LogP contribution is 2.24. The first kappa shape index (κ1) is 20.8. The average molecular weight is 423 g/mol. The molecular formula is C20H23ClN2O4S. The van der Waals surface area contributed by atoms with E-state index in [1.54, 1.807) is 19.1 Å². The Labute approximate surface area is 170 Å². The van der Waals surface area contributed by atoms with Crippen LogP contribution in [0, 0.1) is 0 Å². The lowest BCUT2D eigenvalue weighted by Gasteiger charge is -2.39. The molecule has 1 heterocycles. The summed E-state index contributed by atoms with van der Waals surface area (Å²) in [6.45, 7) is 3.30. The summed E-state index contributed by atoms with van der Waals surface area (Å²) in [5, 5.41) is 0.353. The van der Waals surface area contributed by atoms with Crippen molar-refractivity contribution in [3.8, 4) is 0 Å². The number of ether oxygens (including phenoxy) is 1. The number of benzene rings is 2. The molecule has 8 heteroatoms. The van der Waals surface area contributed by atoms with Crippen LogP contribution in [-0.2, 0) is 26.1 Å². The van der Waals surface area contributed by atoms with Crippen LogP contribution in [0.15, 0.2) is 59.5 Å². The fraction of sp³-hybridized carbons (Fsp3) is 0.350. The van der Waals surface area contributed by atoms with E-state index in [-0.39, 0.29) is 24.6 Å². The van der Waals surface area contributed by atoms with Crippen LogP contribution in [-0.4, -0.2) is 55.9 Å². The molecule has 6 nitrogen and oxygen atoms in total. The van der Waals surface area contributed by atoms with Crippen molar-refractivity contribution in [2.45, 2.75) is 24.4 Å². The Bertz CT molecular complexity index is 921. The fourth-order valence-corrected chi connectivity index (χ4v) is 5.00. The average Bonchev–Trinajstić information content (AvgIpc) is 2.69. The van der Waals surface area contributed by atoms with Gasteiger partial charge in [0, 0.05) is 31.2 Å². The molecule has 28 heavy (non-hydrogen) atoms. The Kier molecular flexibility index (Phi) is 6.72. The molecule has 2 aromatic carbocycles. The number of hydrogen-bond acceptors (Lipinski definition) is 5. The van der Waals surface area contributed by atoms with E-state index >= 15 is 0 Å². The molecule has 3 rings (SSSR count). The lowest BCUT2D eigenvalue weighted by Crippen LogP contribution is -2.57. The second kappa shape index (κ2) is 9.05. The zero-order chi connectivity index (χ0) is 20.1. The third kappa shape index (κ3) is 4.72. The number of hydrogen-bond donors (Lipinski definition) is 0.